The van der Waals surface area contributed by atoms with Crippen molar-refractivity contribution in [1.82, 2.24) is 19.7 Å². The number of ketones is 1. The number of nitrogens with zero attached hydrogens (tertiary/aromatic N) is 4. The third kappa shape index (κ3) is 3.66. The summed E-state index contributed by atoms with van der Waals surface area (Å²) in [7, 11) is 0. The monoisotopic (exact) mass is 412 g/mol. The van der Waals surface area contributed by atoms with E-state index < -0.39 is 0 Å². The summed E-state index contributed by atoms with van der Waals surface area (Å²) in [5.41, 5.74) is 5.37. The first kappa shape index (κ1) is 18.8. The van der Waals surface area contributed by atoms with Crippen LogP contribution in [-0.4, -0.2) is 31.3 Å². The Morgan fingerprint density at radius 1 is 0.933 bits per heavy atom. The van der Waals surface area contributed by atoms with Gasteiger partial charge in [-0.3, -0.25) is 14.3 Å². The molecule has 6 heteroatoms. The number of para-hydroxylation sites is 1. The van der Waals surface area contributed by atoms with E-state index >= 15 is 0 Å². The predicted octanol–water partition coefficient (Wildman–Crippen LogP) is 4.79. The van der Waals surface area contributed by atoms with E-state index in [1.54, 1.807) is 12.4 Å². The molecule has 2 aromatic carbocycles. The van der Waals surface area contributed by atoms with Crippen molar-refractivity contribution in [3.8, 4) is 17.1 Å². The molecule has 0 bridgehead atoms. The van der Waals surface area contributed by atoms with Crippen LogP contribution in [0.25, 0.3) is 17.1 Å². The first-order valence-electron chi connectivity index (χ1n) is 9.98. The molecule has 0 saturated heterocycles. The predicted molar refractivity (Wildman–Crippen MR) is 118 cm³/mol. The van der Waals surface area contributed by atoms with Crippen LogP contribution in [0.2, 0.25) is 0 Å². The molecule has 0 amide bonds. The number of aryl methyl sites for hydroxylation is 2. The minimum Gasteiger partial charge on any atom is -0.293 e. The van der Waals surface area contributed by atoms with Crippen molar-refractivity contribution < 1.29 is 4.79 Å². The average molecular weight is 413 g/mol. The van der Waals surface area contributed by atoms with Gasteiger partial charge in [0, 0.05) is 29.2 Å². The number of hydrogen-bond acceptors (Lipinski definition) is 5. The lowest BCUT2D eigenvalue weighted by Crippen LogP contribution is -2.05. The summed E-state index contributed by atoms with van der Waals surface area (Å²) < 4.78 is 2.00. The van der Waals surface area contributed by atoms with Gasteiger partial charge < -0.3 is 0 Å². The van der Waals surface area contributed by atoms with Crippen molar-refractivity contribution in [3.63, 3.8) is 0 Å². The fourth-order valence-corrected chi connectivity index (χ4v) is 4.67. The molecule has 2 aromatic heterocycles. The summed E-state index contributed by atoms with van der Waals surface area (Å²) in [5, 5.41) is 9.51. The lowest BCUT2D eigenvalue weighted by molar-refractivity contribution is 0.102. The normalized spacial score (nSPS) is 12.7. The Kier molecular flexibility index (Phi) is 5.15. The molecule has 2 heterocycles. The van der Waals surface area contributed by atoms with Crippen molar-refractivity contribution in [2.45, 2.75) is 24.4 Å². The highest BCUT2D eigenvalue weighted by molar-refractivity contribution is 7.99. The van der Waals surface area contributed by atoms with Gasteiger partial charge in [0.2, 0.25) is 0 Å². The second-order valence-electron chi connectivity index (χ2n) is 7.26. The van der Waals surface area contributed by atoms with Crippen LogP contribution in [-0.2, 0) is 12.8 Å². The van der Waals surface area contributed by atoms with Crippen LogP contribution in [0.3, 0.4) is 0 Å². The molecule has 0 fully saturated rings. The first-order chi connectivity index (χ1) is 14.8. The van der Waals surface area contributed by atoms with Crippen molar-refractivity contribution in [2.24, 2.45) is 0 Å². The highest BCUT2D eigenvalue weighted by Gasteiger charge is 2.19. The lowest BCUT2D eigenvalue weighted by atomic mass is 10.0. The summed E-state index contributed by atoms with van der Waals surface area (Å²) in [6, 6.07) is 19.9. The lowest BCUT2D eigenvalue weighted by Gasteiger charge is -2.10. The zero-order valence-corrected chi connectivity index (χ0v) is 17.2. The summed E-state index contributed by atoms with van der Waals surface area (Å²) >= 11 is 1.42. The van der Waals surface area contributed by atoms with E-state index in [2.05, 4.69) is 27.3 Å². The molecule has 0 spiro atoms. The van der Waals surface area contributed by atoms with Crippen LogP contribution < -0.4 is 0 Å². The molecular formula is C24H20N4OS. The molecule has 0 saturated carbocycles. The Balaban J connectivity index is 1.43. The quantitative estimate of drug-likeness (QED) is 0.336. The minimum absolute atomic E-state index is 0.114. The van der Waals surface area contributed by atoms with Crippen LogP contribution in [0.4, 0.5) is 0 Å². The molecule has 0 atom stereocenters. The number of Topliss-reactive ketones (excluding diaryl/α,β-unsaturated/α-hetero) is 1. The van der Waals surface area contributed by atoms with E-state index in [1.807, 2.05) is 53.1 Å². The van der Waals surface area contributed by atoms with Gasteiger partial charge in [0.05, 0.1) is 5.75 Å². The minimum atomic E-state index is 0.114. The number of carbonyl (C=O) groups excluding carboxylic acids is 1. The van der Waals surface area contributed by atoms with Gasteiger partial charge in [-0.15, -0.1) is 10.2 Å². The largest absolute Gasteiger partial charge is 0.293 e. The van der Waals surface area contributed by atoms with E-state index in [9.17, 15) is 4.79 Å². The van der Waals surface area contributed by atoms with Crippen LogP contribution in [0.1, 0.15) is 27.9 Å². The number of thioether (sulfide) groups is 1. The Labute approximate surface area is 179 Å². The molecule has 0 aliphatic heterocycles. The molecule has 1 aliphatic rings. The third-order valence-electron chi connectivity index (χ3n) is 5.34. The highest BCUT2D eigenvalue weighted by Crippen LogP contribution is 2.29. The second kappa shape index (κ2) is 8.24. The van der Waals surface area contributed by atoms with E-state index in [0.717, 1.165) is 35.5 Å². The molecule has 0 radical (unpaired) electrons. The summed E-state index contributed by atoms with van der Waals surface area (Å²) in [4.78, 5) is 16.9. The number of rotatable bonds is 6. The Hall–Kier alpha value is -3.25. The van der Waals surface area contributed by atoms with Gasteiger partial charge in [0.1, 0.15) is 0 Å². The number of hydrogen-bond donors (Lipinski definition) is 0. The van der Waals surface area contributed by atoms with E-state index in [4.69, 9.17) is 0 Å². The number of carbonyl (C=O) groups is 1. The van der Waals surface area contributed by atoms with Crippen LogP contribution in [0.15, 0.2) is 78.2 Å². The van der Waals surface area contributed by atoms with E-state index in [1.165, 1.54) is 29.3 Å². The molecule has 148 valence electrons. The topological polar surface area (TPSA) is 60.7 Å². The SMILES string of the molecule is O=C(CSc1nnc(-c2ccncc2)n1-c1ccccc1)c1ccc2c(c1)CCC2. The number of fused-ring (bicyclic) bond motifs is 1. The van der Waals surface area contributed by atoms with Gasteiger partial charge >= 0.3 is 0 Å². The molecule has 0 N–H and O–H groups in total. The number of benzene rings is 2. The molecule has 4 aromatic rings. The van der Waals surface area contributed by atoms with Crippen molar-refractivity contribution >= 4 is 17.5 Å². The van der Waals surface area contributed by atoms with E-state index in [-0.39, 0.29) is 5.78 Å². The van der Waals surface area contributed by atoms with E-state index in [0.29, 0.717) is 10.9 Å². The van der Waals surface area contributed by atoms with Gasteiger partial charge in [-0.05, 0) is 60.7 Å². The van der Waals surface area contributed by atoms with Crippen LogP contribution >= 0.6 is 11.8 Å². The Bertz CT molecular complexity index is 1190. The zero-order valence-electron chi connectivity index (χ0n) is 16.4. The van der Waals surface area contributed by atoms with Crippen molar-refractivity contribution in [1.29, 1.82) is 0 Å². The smallest absolute Gasteiger partial charge is 0.196 e. The number of pyridine rings is 1. The molecule has 30 heavy (non-hydrogen) atoms. The average Bonchev–Trinajstić information content (AvgIpc) is 3.45. The zero-order chi connectivity index (χ0) is 20.3. The fraction of sp³-hybridized carbons (Fsp3) is 0.167. The van der Waals surface area contributed by atoms with Gasteiger partial charge in [-0.1, -0.05) is 42.1 Å². The molecule has 0 unspecified atom stereocenters. The molecule has 5 nitrogen and oxygen atoms in total. The highest BCUT2D eigenvalue weighted by atomic mass is 32.2. The summed E-state index contributed by atoms with van der Waals surface area (Å²) in [5.74, 6) is 1.17. The fourth-order valence-electron chi connectivity index (χ4n) is 3.82. The molecular weight excluding hydrogens is 392 g/mol. The van der Waals surface area contributed by atoms with Gasteiger partial charge in [-0.2, -0.15) is 0 Å². The van der Waals surface area contributed by atoms with Crippen LogP contribution in [0, 0.1) is 0 Å². The maximum Gasteiger partial charge on any atom is 0.196 e. The standard InChI is InChI=1S/C24H20N4OS/c29-22(20-10-9-17-5-4-6-19(17)15-20)16-30-24-27-26-23(18-11-13-25-14-12-18)28(24)21-7-2-1-3-8-21/h1-3,7-15H,4-6,16H2. The third-order valence-corrected chi connectivity index (χ3v) is 6.27. The van der Waals surface area contributed by atoms with Gasteiger partial charge in [-0.25, -0.2) is 0 Å². The molecule has 5 rings (SSSR count). The van der Waals surface area contributed by atoms with Crippen molar-refractivity contribution in [2.75, 3.05) is 5.75 Å². The van der Waals surface area contributed by atoms with Crippen molar-refractivity contribution in [3.05, 3.63) is 89.7 Å². The van der Waals surface area contributed by atoms with Gasteiger partial charge in [0.15, 0.2) is 16.8 Å². The first-order valence-corrected chi connectivity index (χ1v) is 11.0. The maximum atomic E-state index is 12.9. The molecule has 1 aliphatic carbocycles. The Morgan fingerprint density at radius 3 is 2.57 bits per heavy atom. The number of aromatic nitrogens is 4. The second-order valence-corrected chi connectivity index (χ2v) is 8.20. The van der Waals surface area contributed by atoms with Crippen LogP contribution in [0.5, 0.6) is 0 Å². The maximum absolute atomic E-state index is 12.9. The van der Waals surface area contributed by atoms with Gasteiger partial charge in [0.25, 0.3) is 0 Å². The summed E-state index contributed by atoms with van der Waals surface area (Å²) in [6.45, 7) is 0. The Morgan fingerprint density at radius 2 is 1.73 bits per heavy atom. The summed E-state index contributed by atoms with van der Waals surface area (Å²) in [6.07, 6.45) is 6.85.